The second-order valence-electron chi connectivity index (χ2n) is 3.29. The van der Waals surface area contributed by atoms with Crippen LogP contribution in [0.25, 0.3) is 0 Å². The van der Waals surface area contributed by atoms with E-state index >= 15 is 0 Å². The summed E-state index contributed by atoms with van der Waals surface area (Å²) in [5.74, 6) is -3.25. The first-order chi connectivity index (χ1) is 8.82. The minimum Gasteiger partial charge on any atom is -0.462 e. The van der Waals surface area contributed by atoms with E-state index in [9.17, 15) is 22.8 Å². The summed E-state index contributed by atoms with van der Waals surface area (Å²) >= 11 is 0. The molecule has 0 spiro atoms. The fourth-order valence-corrected chi connectivity index (χ4v) is 1.32. The van der Waals surface area contributed by atoms with Gasteiger partial charge in [-0.25, -0.2) is 9.59 Å². The molecule has 1 aromatic rings. The van der Waals surface area contributed by atoms with Crippen LogP contribution in [0.1, 0.15) is 40.3 Å². The number of carbonyl (C=O) groups is 2. The van der Waals surface area contributed by atoms with E-state index in [1.165, 1.54) is 13.8 Å². The molecule has 0 saturated carbocycles. The Kier molecular flexibility index (Phi) is 4.57. The molecule has 5 nitrogen and oxygen atoms in total. The molecule has 1 rings (SSSR count). The van der Waals surface area contributed by atoms with Crippen LogP contribution in [0.4, 0.5) is 13.2 Å². The first-order valence-electron chi connectivity index (χ1n) is 5.35. The van der Waals surface area contributed by atoms with Crippen LogP contribution in [-0.2, 0) is 15.7 Å². The van der Waals surface area contributed by atoms with Crippen molar-refractivity contribution in [2.75, 3.05) is 13.2 Å². The van der Waals surface area contributed by atoms with E-state index in [2.05, 4.69) is 13.9 Å². The summed E-state index contributed by atoms with van der Waals surface area (Å²) in [7, 11) is 0. The minimum absolute atomic E-state index is 0.0663. The predicted octanol–water partition coefficient (Wildman–Crippen LogP) is 2.65. The maximum Gasteiger partial charge on any atom is 0.420 e. The van der Waals surface area contributed by atoms with E-state index in [4.69, 9.17) is 0 Å². The Labute approximate surface area is 106 Å². The number of hydrogen-bond acceptors (Lipinski definition) is 5. The Balaban J connectivity index is 3.30. The predicted molar refractivity (Wildman–Crippen MR) is 55.6 cm³/mol. The zero-order valence-electron chi connectivity index (χ0n) is 10.2. The molecule has 8 heteroatoms. The molecule has 0 aliphatic carbocycles. The zero-order valence-corrected chi connectivity index (χ0v) is 10.2. The summed E-state index contributed by atoms with van der Waals surface area (Å²) in [5.41, 5.74) is -2.33. The van der Waals surface area contributed by atoms with Crippen LogP contribution in [0.2, 0.25) is 0 Å². The van der Waals surface area contributed by atoms with Gasteiger partial charge < -0.3 is 13.9 Å². The van der Waals surface area contributed by atoms with Crippen LogP contribution >= 0.6 is 0 Å². The van der Waals surface area contributed by atoms with Crippen molar-refractivity contribution in [1.29, 1.82) is 0 Å². The Hall–Kier alpha value is -1.99. The number of alkyl halides is 3. The van der Waals surface area contributed by atoms with Gasteiger partial charge in [-0.2, -0.15) is 13.2 Å². The van der Waals surface area contributed by atoms with E-state index < -0.39 is 35.0 Å². The molecule has 0 unspecified atom stereocenters. The number of hydrogen-bond donors (Lipinski definition) is 0. The van der Waals surface area contributed by atoms with Gasteiger partial charge in [-0.1, -0.05) is 0 Å². The molecule has 0 bridgehead atoms. The average Bonchev–Trinajstić information content (AvgIpc) is 2.73. The maximum absolute atomic E-state index is 12.7. The van der Waals surface area contributed by atoms with Gasteiger partial charge in [0.2, 0.25) is 5.76 Å². The Morgan fingerprint density at radius 3 is 2.16 bits per heavy atom. The van der Waals surface area contributed by atoms with Gasteiger partial charge in [0.05, 0.1) is 13.2 Å². The lowest BCUT2D eigenvalue weighted by molar-refractivity contribution is -0.138. The lowest BCUT2D eigenvalue weighted by Crippen LogP contribution is -2.17. The van der Waals surface area contributed by atoms with Gasteiger partial charge >= 0.3 is 18.1 Å². The summed E-state index contributed by atoms with van der Waals surface area (Å²) in [4.78, 5) is 22.9. The highest BCUT2D eigenvalue weighted by molar-refractivity contribution is 6.02. The molecule has 0 N–H and O–H groups in total. The van der Waals surface area contributed by atoms with Crippen molar-refractivity contribution < 1.29 is 36.7 Å². The molecule has 0 aliphatic rings. The van der Waals surface area contributed by atoms with Gasteiger partial charge in [0.25, 0.3) is 0 Å². The van der Waals surface area contributed by atoms with Gasteiger partial charge in [-0.15, -0.1) is 0 Å². The molecule has 0 aliphatic heterocycles. The number of halogens is 3. The first-order valence-corrected chi connectivity index (χ1v) is 5.35. The number of furan rings is 1. The van der Waals surface area contributed by atoms with Crippen molar-refractivity contribution in [1.82, 2.24) is 0 Å². The minimum atomic E-state index is -4.84. The summed E-state index contributed by atoms with van der Waals surface area (Å²) in [5, 5.41) is 0. The molecule has 19 heavy (non-hydrogen) atoms. The number of esters is 2. The summed E-state index contributed by atoms with van der Waals surface area (Å²) in [6.07, 6.45) is -4.55. The smallest absolute Gasteiger partial charge is 0.420 e. The Bertz CT molecular complexity index is 475. The van der Waals surface area contributed by atoms with Crippen molar-refractivity contribution in [3.05, 3.63) is 23.2 Å². The SMILES string of the molecule is CCOC(=O)c1occ(C(F)(F)F)c1C(=O)OCC. The highest BCUT2D eigenvalue weighted by atomic mass is 19.4. The van der Waals surface area contributed by atoms with Crippen molar-refractivity contribution in [3.63, 3.8) is 0 Å². The summed E-state index contributed by atoms with van der Waals surface area (Å²) < 4.78 is 51.6. The van der Waals surface area contributed by atoms with Crippen molar-refractivity contribution in [3.8, 4) is 0 Å². The fourth-order valence-electron chi connectivity index (χ4n) is 1.32. The first kappa shape index (κ1) is 15.1. The lowest BCUT2D eigenvalue weighted by atomic mass is 10.1. The zero-order chi connectivity index (χ0) is 14.6. The molecule has 0 aromatic carbocycles. The second-order valence-corrected chi connectivity index (χ2v) is 3.29. The molecule has 0 atom stereocenters. The number of carbonyl (C=O) groups excluding carboxylic acids is 2. The van der Waals surface area contributed by atoms with Gasteiger partial charge in [-0.05, 0) is 13.8 Å². The molecule has 0 fully saturated rings. The third-order valence-corrected chi connectivity index (χ3v) is 2.04. The van der Waals surface area contributed by atoms with E-state index in [-0.39, 0.29) is 13.2 Å². The van der Waals surface area contributed by atoms with Crippen LogP contribution in [-0.4, -0.2) is 25.2 Å². The maximum atomic E-state index is 12.7. The van der Waals surface area contributed by atoms with E-state index in [1.54, 1.807) is 0 Å². The molecular formula is C11H11F3O5. The second kappa shape index (κ2) is 5.77. The van der Waals surface area contributed by atoms with Gasteiger partial charge in [-0.3, -0.25) is 0 Å². The van der Waals surface area contributed by atoms with Crippen LogP contribution in [0, 0.1) is 0 Å². The third kappa shape index (κ3) is 3.27. The quantitative estimate of drug-likeness (QED) is 0.793. The molecule has 106 valence electrons. The van der Waals surface area contributed by atoms with Crippen LogP contribution < -0.4 is 0 Å². The van der Waals surface area contributed by atoms with Crippen molar-refractivity contribution in [2.45, 2.75) is 20.0 Å². The highest BCUT2D eigenvalue weighted by Gasteiger charge is 2.41. The third-order valence-electron chi connectivity index (χ3n) is 2.04. The summed E-state index contributed by atoms with van der Waals surface area (Å²) in [6, 6.07) is 0. The standard InChI is InChI=1S/C11H11F3O5/c1-3-17-9(15)7-6(11(12,13)14)5-19-8(7)10(16)18-4-2/h5H,3-4H2,1-2H3. The number of ether oxygens (including phenoxy) is 2. The molecule has 0 radical (unpaired) electrons. The summed E-state index contributed by atoms with van der Waals surface area (Å²) in [6.45, 7) is 2.69. The van der Waals surface area contributed by atoms with Crippen molar-refractivity contribution in [2.24, 2.45) is 0 Å². The molecule has 0 saturated heterocycles. The van der Waals surface area contributed by atoms with Crippen LogP contribution in [0.5, 0.6) is 0 Å². The Morgan fingerprint density at radius 2 is 1.68 bits per heavy atom. The largest absolute Gasteiger partial charge is 0.462 e. The van der Waals surface area contributed by atoms with Gasteiger partial charge in [0, 0.05) is 0 Å². The lowest BCUT2D eigenvalue weighted by Gasteiger charge is -2.07. The monoisotopic (exact) mass is 280 g/mol. The van der Waals surface area contributed by atoms with Crippen molar-refractivity contribution >= 4 is 11.9 Å². The number of rotatable bonds is 4. The normalized spacial score (nSPS) is 11.2. The Morgan fingerprint density at radius 1 is 1.16 bits per heavy atom. The van der Waals surface area contributed by atoms with Crippen LogP contribution in [0.15, 0.2) is 10.7 Å². The van der Waals surface area contributed by atoms with E-state index in [0.717, 1.165) is 0 Å². The molecule has 1 aromatic heterocycles. The van der Waals surface area contributed by atoms with E-state index in [1.807, 2.05) is 0 Å². The highest BCUT2D eigenvalue weighted by Crippen LogP contribution is 2.35. The van der Waals surface area contributed by atoms with Crippen LogP contribution in [0.3, 0.4) is 0 Å². The topological polar surface area (TPSA) is 65.7 Å². The van der Waals surface area contributed by atoms with Gasteiger partial charge in [0.15, 0.2) is 0 Å². The molecule has 1 heterocycles. The van der Waals surface area contributed by atoms with E-state index in [0.29, 0.717) is 6.26 Å². The van der Waals surface area contributed by atoms with Gasteiger partial charge in [0.1, 0.15) is 17.4 Å². The molecular weight excluding hydrogens is 269 g/mol. The molecule has 0 amide bonds. The average molecular weight is 280 g/mol. The fraction of sp³-hybridized carbons (Fsp3) is 0.455.